The zero-order valence-corrected chi connectivity index (χ0v) is 16.0. The third-order valence-electron chi connectivity index (χ3n) is 4.32. The molecule has 142 valence electrons. The first-order valence-corrected chi connectivity index (χ1v) is 9.19. The number of carbonyl (C=O) groups excluding carboxylic acids is 2. The normalized spacial score (nSPS) is 10.2. The molecule has 0 radical (unpaired) electrons. The summed E-state index contributed by atoms with van der Waals surface area (Å²) in [7, 11) is 0. The molecule has 3 aromatic carbocycles. The van der Waals surface area contributed by atoms with E-state index in [1.165, 1.54) is 0 Å². The monoisotopic (exact) mass is 373 g/mol. The van der Waals surface area contributed by atoms with Crippen LogP contribution in [0.25, 0.3) is 0 Å². The van der Waals surface area contributed by atoms with Gasteiger partial charge in [-0.2, -0.15) is 0 Å². The summed E-state index contributed by atoms with van der Waals surface area (Å²) in [5.41, 5.74) is 4.41. The first kappa shape index (κ1) is 19.2. The number of para-hydroxylation sites is 2. The predicted molar refractivity (Wildman–Crippen MR) is 114 cm³/mol. The maximum absolute atomic E-state index is 12.9. The molecule has 2 amide bonds. The van der Waals surface area contributed by atoms with Crippen LogP contribution < -0.4 is 16.0 Å². The van der Waals surface area contributed by atoms with E-state index in [-0.39, 0.29) is 11.8 Å². The standard InChI is InChI=1S/C23H23N3O2/c1-3-22(27)26-21-15-18(14-13-16(21)2)25-23(28)19-11-7-8-12-20(19)24-17-9-5-4-6-10-17/h4-15,24H,3H2,1-2H3,(H,25,28)(H,26,27). The molecule has 0 aliphatic carbocycles. The predicted octanol–water partition coefficient (Wildman–Crippen LogP) is 5.34. The number of hydrogen-bond acceptors (Lipinski definition) is 3. The van der Waals surface area contributed by atoms with Gasteiger partial charge >= 0.3 is 0 Å². The fourth-order valence-electron chi connectivity index (χ4n) is 2.74. The lowest BCUT2D eigenvalue weighted by Gasteiger charge is -2.14. The van der Waals surface area contributed by atoms with Gasteiger partial charge in [-0.3, -0.25) is 9.59 Å². The number of aryl methyl sites for hydroxylation is 1. The zero-order chi connectivity index (χ0) is 19.9. The van der Waals surface area contributed by atoms with Crippen LogP contribution in [0.3, 0.4) is 0 Å². The van der Waals surface area contributed by atoms with Gasteiger partial charge in [0, 0.05) is 23.5 Å². The topological polar surface area (TPSA) is 70.2 Å². The fraction of sp³-hybridized carbons (Fsp3) is 0.130. The summed E-state index contributed by atoms with van der Waals surface area (Å²) in [5.74, 6) is -0.292. The Labute approximate surface area is 164 Å². The maximum atomic E-state index is 12.9. The molecule has 5 nitrogen and oxygen atoms in total. The summed E-state index contributed by atoms with van der Waals surface area (Å²) >= 11 is 0. The minimum Gasteiger partial charge on any atom is -0.355 e. The van der Waals surface area contributed by atoms with Gasteiger partial charge < -0.3 is 16.0 Å². The Balaban J connectivity index is 1.80. The van der Waals surface area contributed by atoms with Gasteiger partial charge in [0.15, 0.2) is 0 Å². The molecule has 0 aliphatic rings. The van der Waals surface area contributed by atoms with E-state index >= 15 is 0 Å². The maximum Gasteiger partial charge on any atom is 0.257 e. The number of rotatable bonds is 6. The first-order chi connectivity index (χ1) is 13.6. The fourth-order valence-corrected chi connectivity index (χ4v) is 2.74. The molecule has 0 heterocycles. The van der Waals surface area contributed by atoms with Crippen LogP contribution in [-0.4, -0.2) is 11.8 Å². The van der Waals surface area contributed by atoms with Crippen LogP contribution in [0.2, 0.25) is 0 Å². The number of hydrogen-bond donors (Lipinski definition) is 3. The van der Waals surface area contributed by atoms with Gasteiger partial charge in [-0.1, -0.05) is 43.3 Å². The molecule has 3 N–H and O–H groups in total. The molecule has 0 atom stereocenters. The Kier molecular flexibility index (Phi) is 6.07. The van der Waals surface area contributed by atoms with Crippen LogP contribution in [0.4, 0.5) is 22.7 Å². The van der Waals surface area contributed by atoms with Gasteiger partial charge in [-0.05, 0) is 48.9 Å². The third-order valence-corrected chi connectivity index (χ3v) is 4.32. The summed E-state index contributed by atoms with van der Waals surface area (Å²) in [4.78, 5) is 24.6. The molecular weight excluding hydrogens is 350 g/mol. The van der Waals surface area contributed by atoms with Crippen molar-refractivity contribution in [2.24, 2.45) is 0 Å². The number of benzene rings is 3. The third kappa shape index (κ3) is 4.76. The van der Waals surface area contributed by atoms with Crippen molar-refractivity contribution in [3.8, 4) is 0 Å². The lowest BCUT2D eigenvalue weighted by Crippen LogP contribution is -2.15. The molecule has 0 aliphatic heterocycles. The molecule has 5 heteroatoms. The Morgan fingerprint density at radius 1 is 0.786 bits per heavy atom. The lowest BCUT2D eigenvalue weighted by atomic mass is 10.1. The summed E-state index contributed by atoms with van der Waals surface area (Å²) < 4.78 is 0. The van der Waals surface area contributed by atoms with E-state index in [4.69, 9.17) is 0 Å². The van der Waals surface area contributed by atoms with E-state index in [1.807, 2.05) is 67.6 Å². The lowest BCUT2D eigenvalue weighted by molar-refractivity contribution is -0.115. The molecule has 0 aromatic heterocycles. The van der Waals surface area contributed by atoms with E-state index in [2.05, 4.69) is 16.0 Å². The summed E-state index contributed by atoms with van der Waals surface area (Å²) in [5, 5.41) is 9.04. The Morgan fingerprint density at radius 2 is 1.50 bits per heavy atom. The van der Waals surface area contributed by atoms with Crippen molar-refractivity contribution in [2.75, 3.05) is 16.0 Å². The average molecular weight is 373 g/mol. The second-order valence-electron chi connectivity index (χ2n) is 6.42. The van der Waals surface area contributed by atoms with Gasteiger partial charge in [0.2, 0.25) is 5.91 Å². The number of anilines is 4. The zero-order valence-electron chi connectivity index (χ0n) is 16.0. The quantitative estimate of drug-likeness (QED) is 0.546. The molecule has 0 unspecified atom stereocenters. The minimum atomic E-state index is -0.226. The highest BCUT2D eigenvalue weighted by Gasteiger charge is 2.12. The van der Waals surface area contributed by atoms with Crippen molar-refractivity contribution in [2.45, 2.75) is 20.3 Å². The van der Waals surface area contributed by atoms with Crippen molar-refractivity contribution in [3.05, 3.63) is 83.9 Å². The van der Waals surface area contributed by atoms with Crippen LogP contribution in [0.1, 0.15) is 29.3 Å². The molecule has 3 rings (SSSR count). The van der Waals surface area contributed by atoms with Gasteiger partial charge in [-0.25, -0.2) is 0 Å². The van der Waals surface area contributed by atoms with Crippen molar-refractivity contribution in [3.63, 3.8) is 0 Å². The second kappa shape index (κ2) is 8.86. The minimum absolute atomic E-state index is 0.0658. The molecular formula is C23H23N3O2. The average Bonchev–Trinajstić information content (AvgIpc) is 2.71. The van der Waals surface area contributed by atoms with Gasteiger partial charge in [-0.15, -0.1) is 0 Å². The van der Waals surface area contributed by atoms with Gasteiger partial charge in [0.05, 0.1) is 11.3 Å². The molecule has 0 spiro atoms. The van der Waals surface area contributed by atoms with Crippen LogP contribution in [-0.2, 0) is 4.79 Å². The van der Waals surface area contributed by atoms with E-state index in [1.54, 1.807) is 19.1 Å². The van der Waals surface area contributed by atoms with E-state index in [9.17, 15) is 9.59 Å². The molecule has 0 fully saturated rings. The van der Waals surface area contributed by atoms with Crippen molar-refractivity contribution < 1.29 is 9.59 Å². The van der Waals surface area contributed by atoms with Crippen molar-refractivity contribution in [1.29, 1.82) is 0 Å². The van der Waals surface area contributed by atoms with E-state index < -0.39 is 0 Å². The Hall–Kier alpha value is -3.60. The summed E-state index contributed by atoms with van der Waals surface area (Å²) in [6, 6.07) is 22.5. The number of nitrogens with one attached hydrogen (secondary N) is 3. The van der Waals surface area contributed by atoms with Crippen molar-refractivity contribution >= 4 is 34.6 Å². The SMILES string of the molecule is CCC(=O)Nc1cc(NC(=O)c2ccccc2Nc2ccccc2)ccc1C. The van der Waals surface area contributed by atoms with Crippen LogP contribution in [0.5, 0.6) is 0 Å². The Bertz CT molecular complexity index is 984. The van der Waals surface area contributed by atoms with E-state index in [0.717, 1.165) is 16.9 Å². The summed E-state index contributed by atoms with van der Waals surface area (Å²) in [6.07, 6.45) is 0.397. The highest BCUT2D eigenvalue weighted by Crippen LogP contribution is 2.24. The largest absolute Gasteiger partial charge is 0.355 e. The van der Waals surface area contributed by atoms with Crippen LogP contribution >= 0.6 is 0 Å². The smallest absolute Gasteiger partial charge is 0.257 e. The highest BCUT2D eigenvalue weighted by atomic mass is 16.2. The summed E-state index contributed by atoms with van der Waals surface area (Å²) in [6.45, 7) is 3.71. The molecule has 0 saturated carbocycles. The highest BCUT2D eigenvalue weighted by molar-refractivity contribution is 6.08. The second-order valence-corrected chi connectivity index (χ2v) is 6.42. The Morgan fingerprint density at radius 3 is 2.25 bits per heavy atom. The van der Waals surface area contributed by atoms with E-state index in [0.29, 0.717) is 23.4 Å². The number of carbonyl (C=O) groups is 2. The van der Waals surface area contributed by atoms with Gasteiger partial charge in [0.1, 0.15) is 0 Å². The molecule has 3 aromatic rings. The first-order valence-electron chi connectivity index (χ1n) is 9.19. The van der Waals surface area contributed by atoms with Crippen LogP contribution in [0.15, 0.2) is 72.8 Å². The molecule has 28 heavy (non-hydrogen) atoms. The van der Waals surface area contributed by atoms with Crippen molar-refractivity contribution in [1.82, 2.24) is 0 Å². The van der Waals surface area contributed by atoms with Crippen LogP contribution in [0, 0.1) is 6.92 Å². The molecule has 0 saturated heterocycles. The number of amides is 2. The molecule has 0 bridgehead atoms. The van der Waals surface area contributed by atoms with Gasteiger partial charge in [0.25, 0.3) is 5.91 Å².